The van der Waals surface area contributed by atoms with Gasteiger partial charge in [0.1, 0.15) is 4.90 Å². The molecule has 0 radical (unpaired) electrons. The number of benzene rings is 2. The molecule has 0 unspecified atom stereocenters. The second kappa shape index (κ2) is 6.92. The van der Waals surface area contributed by atoms with Crippen LogP contribution in [0.5, 0.6) is 0 Å². The summed E-state index contributed by atoms with van der Waals surface area (Å²) >= 11 is 0. The molecule has 0 spiro atoms. The van der Waals surface area contributed by atoms with Crippen LogP contribution in [0.15, 0.2) is 53.4 Å². The van der Waals surface area contributed by atoms with Gasteiger partial charge >= 0.3 is 0 Å². The predicted molar refractivity (Wildman–Crippen MR) is 98.4 cm³/mol. The summed E-state index contributed by atoms with van der Waals surface area (Å²) in [6, 6.07) is 13.5. The largest absolute Gasteiger partial charge is 0.326 e. The first-order chi connectivity index (χ1) is 12.3. The van der Waals surface area contributed by atoms with Crippen LogP contribution < -0.4 is 5.32 Å². The normalized spacial score (nSPS) is 15.2. The highest BCUT2D eigenvalue weighted by molar-refractivity contribution is 7.90. The number of nitrogens with one attached hydrogen (secondary N) is 1. The lowest BCUT2D eigenvalue weighted by molar-refractivity contribution is -0.116. The zero-order valence-electron chi connectivity index (χ0n) is 14.6. The average Bonchev–Trinajstić information content (AvgIpc) is 2.80. The molecule has 136 valence electrons. The average molecular weight is 372 g/mol. The van der Waals surface area contributed by atoms with E-state index in [0.29, 0.717) is 11.6 Å². The van der Waals surface area contributed by atoms with E-state index in [1.807, 2.05) is 12.1 Å². The Kier molecular flexibility index (Phi) is 4.82. The van der Waals surface area contributed by atoms with Crippen LogP contribution in [-0.2, 0) is 14.8 Å². The Morgan fingerprint density at radius 1 is 1.08 bits per heavy atom. The van der Waals surface area contributed by atoms with Crippen molar-refractivity contribution in [1.82, 2.24) is 4.31 Å². The van der Waals surface area contributed by atoms with Gasteiger partial charge in [-0.15, -0.1) is 0 Å². The Labute approximate surface area is 152 Å². The van der Waals surface area contributed by atoms with Gasteiger partial charge in [0, 0.05) is 18.7 Å². The molecule has 1 aliphatic rings. The molecule has 2 aromatic carbocycles. The zero-order chi connectivity index (χ0) is 18.9. The molecular formula is C19H20N2O4S. The molecule has 6 nitrogen and oxygen atoms in total. The standard InChI is InChI=1S/C19H20N2O4S/c1-13(2)14-7-9-15(10-8-14)20-18(22)11-12-21-19(23)16-5-3-4-6-17(16)26(21,24)25/h3-10,13H,11-12H2,1-2H3,(H,20,22). The van der Waals surface area contributed by atoms with Crippen molar-refractivity contribution in [2.45, 2.75) is 31.1 Å². The summed E-state index contributed by atoms with van der Waals surface area (Å²) < 4.78 is 25.6. The number of anilines is 1. The van der Waals surface area contributed by atoms with Gasteiger partial charge in [-0.1, -0.05) is 38.1 Å². The van der Waals surface area contributed by atoms with Crippen molar-refractivity contribution in [2.75, 3.05) is 11.9 Å². The molecule has 1 aliphatic heterocycles. The first-order valence-corrected chi connectivity index (χ1v) is 9.80. The number of carbonyl (C=O) groups excluding carboxylic acids is 2. The molecule has 0 aliphatic carbocycles. The highest BCUT2D eigenvalue weighted by Gasteiger charge is 2.40. The van der Waals surface area contributed by atoms with Crippen LogP contribution in [0.2, 0.25) is 0 Å². The van der Waals surface area contributed by atoms with Crippen LogP contribution in [-0.4, -0.2) is 31.1 Å². The summed E-state index contributed by atoms with van der Waals surface area (Å²) in [5.74, 6) is -0.538. The van der Waals surface area contributed by atoms with E-state index in [-0.39, 0.29) is 29.3 Å². The molecule has 0 atom stereocenters. The number of nitrogens with zero attached hydrogens (tertiary/aromatic N) is 1. The number of carbonyl (C=O) groups is 2. The van der Waals surface area contributed by atoms with Gasteiger partial charge in [0.05, 0.1) is 5.56 Å². The van der Waals surface area contributed by atoms with Gasteiger partial charge in [-0.3, -0.25) is 9.59 Å². The molecule has 7 heteroatoms. The number of sulfonamides is 1. The third kappa shape index (κ3) is 3.35. The maximum Gasteiger partial charge on any atom is 0.269 e. The Morgan fingerprint density at radius 3 is 2.35 bits per heavy atom. The van der Waals surface area contributed by atoms with Gasteiger partial charge in [-0.05, 0) is 35.7 Å². The molecule has 26 heavy (non-hydrogen) atoms. The zero-order valence-corrected chi connectivity index (χ0v) is 15.4. The summed E-state index contributed by atoms with van der Waals surface area (Å²) in [5, 5.41) is 2.72. The summed E-state index contributed by atoms with van der Waals surface area (Å²) in [6.07, 6.45) is -0.106. The van der Waals surface area contributed by atoms with Crippen LogP contribution in [0.4, 0.5) is 5.69 Å². The fourth-order valence-electron chi connectivity index (χ4n) is 2.83. The number of hydrogen-bond donors (Lipinski definition) is 1. The second-order valence-electron chi connectivity index (χ2n) is 6.45. The molecule has 2 aromatic rings. The Hall–Kier alpha value is -2.67. The SMILES string of the molecule is CC(C)c1ccc(NC(=O)CCN2C(=O)c3ccccc3S2(=O)=O)cc1. The quantitative estimate of drug-likeness (QED) is 0.874. The van der Waals surface area contributed by atoms with Gasteiger partial charge < -0.3 is 5.32 Å². The van der Waals surface area contributed by atoms with E-state index in [2.05, 4.69) is 19.2 Å². The second-order valence-corrected chi connectivity index (χ2v) is 8.28. The van der Waals surface area contributed by atoms with E-state index in [1.165, 1.54) is 12.1 Å². The lowest BCUT2D eigenvalue weighted by atomic mass is 10.0. The fourth-order valence-corrected chi connectivity index (χ4v) is 4.40. The van der Waals surface area contributed by atoms with Gasteiger partial charge in [0.25, 0.3) is 15.9 Å². The topological polar surface area (TPSA) is 83.6 Å². The summed E-state index contributed by atoms with van der Waals surface area (Å²) in [6.45, 7) is 3.98. The molecule has 0 saturated heterocycles. The van der Waals surface area contributed by atoms with E-state index >= 15 is 0 Å². The molecule has 1 heterocycles. The van der Waals surface area contributed by atoms with E-state index in [1.54, 1.807) is 24.3 Å². The van der Waals surface area contributed by atoms with Gasteiger partial charge in [0.15, 0.2) is 0 Å². The number of amides is 2. The summed E-state index contributed by atoms with van der Waals surface area (Å²) in [7, 11) is -3.88. The van der Waals surface area contributed by atoms with Crippen molar-refractivity contribution < 1.29 is 18.0 Å². The maximum atomic E-state index is 12.4. The van der Waals surface area contributed by atoms with E-state index < -0.39 is 15.9 Å². The Balaban J connectivity index is 1.64. The first kappa shape index (κ1) is 18.1. The van der Waals surface area contributed by atoms with Gasteiger partial charge in [-0.2, -0.15) is 0 Å². The molecule has 1 N–H and O–H groups in total. The third-order valence-electron chi connectivity index (χ3n) is 4.32. The van der Waals surface area contributed by atoms with Crippen LogP contribution in [0.1, 0.15) is 42.1 Å². The minimum atomic E-state index is -3.88. The predicted octanol–water partition coefficient (Wildman–Crippen LogP) is 2.98. The van der Waals surface area contributed by atoms with E-state index in [9.17, 15) is 18.0 Å². The van der Waals surface area contributed by atoms with Crippen molar-refractivity contribution in [3.8, 4) is 0 Å². The number of hydrogen-bond acceptors (Lipinski definition) is 4. The van der Waals surface area contributed by atoms with Crippen molar-refractivity contribution >= 4 is 27.5 Å². The lowest BCUT2D eigenvalue weighted by Gasteiger charge is -2.15. The van der Waals surface area contributed by atoms with Crippen molar-refractivity contribution in [3.05, 3.63) is 59.7 Å². The molecule has 0 saturated carbocycles. The smallest absolute Gasteiger partial charge is 0.269 e. The number of fused-ring (bicyclic) bond motifs is 1. The Bertz CT molecular complexity index is 950. The molecular weight excluding hydrogens is 352 g/mol. The lowest BCUT2D eigenvalue weighted by Crippen LogP contribution is -2.33. The molecule has 3 rings (SSSR count). The van der Waals surface area contributed by atoms with Crippen molar-refractivity contribution in [2.24, 2.45) is 0 Å². The van der Waals surface area contributed by atoms with Crippen LogP contribution >= 0.6 is 0 Å². The molecule has 0 aromatic heterocycles. The first-order valence-electron chi connectivity index (χ1n) is 8.36. The van der Waals surface area contributed by atoms with Crippen molar-refractivity contribution in [3.63, 3.8) is 0 Å². The third-order valence-corrected chi connectivity index (χ3v) is 6.16. The van der Waals surface area contributed by atoms with Crippen LogP contribution in [0.25, 0.3) is 0 Å². The molecule has 0 fully saturated rings. The van der Waals surface area contributed by atoms with E-state index in [4.69, 9.17) is 0 Å². The summed E-state index contributed by atoms with van der Waals surface area (Å²) in [4.78, 5) is 24.4. The highest BCUT2D eigenvalue weighted by atomic mass is 32.2. The van der Waals surface area contributed by atoms with Gasteiger partial charge in [-0.25, -0.2) is 12.7 Å². The fraction of sp³-hybridized carbons (Fsp3) is 0.263. The maximum absolute atomic E-state index is 12.4. The minimum absolute atomic E-state index is 0.00492. The monoisotopic (exact) mass is 372 g/mol. The molecule has 0 bridgehead atoms. The van der Waals surface area contributed by atoms with Crippen LogP contribution in [0.3, 0.4) is 0 Å². The number of rotatable bonds is 5. The van der Waals surface area contributed by atoms with E-state index in [0.717, 1.165) is 9.87 Å². The Morgan fingerprint density at radius 2 is 1.73 bits per heavy atom. The van der Waals surface area contributed by atoms with Crippen LogP contribution in [0, 0.1) is 0 Å². The summed E-state index contributed by atoms with van der Waals surface area (Å²) in [5.41, 5.74) is 1.95. The molecule has 2 amide bonds. The van der Waals surface area contributed by atoms with Crippen molar-refractivity contribution in [1.29, 1.82) is 0 Å². The minimum Gasteiger partial charge on any atom is -0.326 e. The highest BCUT2D eigenvalue weighted by Crippen LogP contribution is 2.29. The van der Waals surface area contributed by atoms with Gasteiger partial charge in [0.2, 0.25) is 5.91 Å².